The lowest BCUT2D eigenvalue weighted by Gasteiger charge is -2.09. The van der Waals surface area contributed by atoms with Gasteiger partial charge in [0.25, 0.3) is 5.91 Å². The van der Waals surface area contributed by atoms with Crippen molar-refractivity contribution >= 4 is 34.0 Å². The van der Waals surface area contributed by atoms with Crippen LogP contribution >= 0.6 is 22.9 Å². The highest BCUT2D eigenvalue weighted by Gasteiger charge is 2.16. The minimum Gasteiger partial charge on any atom is -0.497 e. The van der Waals surface area contributed by atoms with E-state index in [4.69, 9.17) is 25.8 Å². The number of amides is 1. The van der Waals surface area contributed by atoms with Crippen molar-refractivity contribution in [2.24, 2.45) is 0 Å². The second-order valence-electron chi connectivity index (χ2n) is 5.40. The maximum absolute atomic E-state index is 12.6. The summed E-state index contributed by atoms with van der Waals surface area (Å²) in [5.41, 5.74) is 1.82. The molecule has 0 aliphatic carbocycles. The van der Waals surface area contributed by atoms with Gasteiger partial charge in [-0.1, -0.05) is 11.6 Å². The van der Waals surface area contributed by atoms with Gasteiger partial charge < -0.3 is 14.2 Å². The van der Waals surface area contributed by atoms with E-state index in [1.54, 1.807) is 32.4 Å². The second-order valence-corrected chi connectivity index (χ2v) is 6.70. The number of hydrogen-bond donors (Lipinski definition) is 1. The Morgan fingerprint density at radius 2 is 1.81 bits per heavy atom. The smallest absolute Gasteiger partial charge is 0.261 e. The summed E-state index contributed by atoms with van der Waals surface area (Å²) in [6.45, 7) is 0. The lowest BCUT2D eigenvalue weighted by molar-refractivity contribution is 0.102. The second kappa shape index (κ2) is 8.28. The van der Waals surface area contributed by atoms with Crippen molar-refractivity contribution in [2.45, 2.75) is 0 Å². The average Bonchev–Trinajstić information content (AvgIpc) is 3.15. The molecule has 0 spiro atoms. The molecule has 6 nitrogen and oxygen atoms in total. The first-order valence-electron chi connectivity index (χ1n) is 7.88. The molecule has 27 heavy (non-hydrogen) atoms. The van der Waals surface area contributed by atoms with Crippen LogP contribution in [0.3, 0.4) is 0 Å². The fourth-order valence-electron chi connectivity index (χ4n) is 2.49. The molecule has 0 saturated carbocycles. The zero-order valence-corrected chi connectivity index (χ0v) is 16.5. The molecule has 140 valence electrons. The molecule has 1 aromatic heterocycles. The summed E-state index contributed by atoms with van der Waals surface area (Å²) in [5.74, 6) is 1.42. The first-order chi connectivity index (χ1) is 13.0. The Labute approximate surface area is 165 Å². The Balaban J connectivity index is 1.86. The first kappa shape index (κ1) is 19.0. The van der Waals surface area contributed by atoms with E-state index in [9.17, 15) is 4.79 Å². The predicted octanol–water partition coefficient (Wildman–Crippen LogP) is 4.74. The molecule has 0 fully saturated rings. The van der Waals surface area contributed by atoms with Crippen LogP contribution in [0.1, 0.15) is 10.4 Å². The number of carbonyl (C=O) groups excluding carboxylic acids is 1. The summed E-state index contributed by atoms with van der Waals surface area (Å²) < 4.78 is 15.9. The van der Waals surface area contributed by atoms with Crippen LogP contribution in [0.4, 0.5) is 5.13 Å². The molecule has 0 unspecified atom stereocenters. The normalized spacial score (nSPS) is 10.4. The van der Waals surface area contributed by atoms with E-state index < -0.39 is 0 Å². The van der Waals surface area contributed by atoms with Crippen LogP contribution < -0.4 is 19.5 Å². The number of anilines is 1. The van der Waals surface area contributed by atoms with Crippen molar-refractivity contribution in [3.05, 3.63) is 52.4 Å². The van der Waals surface area contributed by atoms with Gasteiger partial charge in [0, 0.05) is 16.0 Å². The fourth-order valence-corrected chi connectivity index (χ4v) is 3.35. The van der Waals surface area contributed by atoms with E-state index in [1.165, 1.54) is 18.4 Å². The largest absolute Gasteiger partial charge is 0.497 e. The zero-order chi connectivity index (χ0) is 19.4. The number of nitrogens with zero attached hydrogens (tertiary/aromatic N) is 1. The Hall–Kier alpha value is -2.77. The van der Waals surface area contributed by atoms with Crippen LogP contribution in [0.2, 0.25) is 5.02 Å². The molecule has 0 radical (unpaired) electrons. The van der Waals surface area contributed by atoms with E-state index in [0.717, 1.165) is 5.56 Å². The van der Waals surface area contributed by atoms with E-state index >= 15 is 0 Å². The van der Waals surface area contributed by atoms with Crippen molar-refractivity contribution < 1.29 is 19.0 Å². The van der Waals surface area contributed by atoms with E-state index in [-0.39, 0.29) is 5.91 Å². The number of halogens is 1. The van der Waals surface area contributed by atoms with Gasteiger partial charge in [-0.05, 0) is 36.4 Å². The SMILES string of the molecule is COc1ccc(OC)c(-c2csc(NC(=O)c3ccc(Cl)cc3OC)n2)c1. The summed E-state index contributed by atoms with van der Waals surface area (Å²) in [4.78, 5) is 17.0. The van der Waals surface area contributed by atoms with Crippen molar-refractivity contribution in [1.82, 2.24) is 4.98 Å². The number of carbonyl (C=O) groups is 1. The Bertz CT molecular complexity index is 974. The molecule has 1 heterocycles. The van der Waals surface area contributed by atoms with Crippen molar-refractivity contribution in [2.75, 3.05) is 26.6 Å². The maximum Gasteiger partial charge on any atom is 0.261 e. The molecule has 0 bridgehead atoms. The lowest BCUT2D eigenvalue weighted by Crippen LogP contribution is -2.13. The Kier molecular flexibility index (Phi) is 5.83. The van der Waals surface area contributed by atoms with Crippen molar-refractivity contribution in [3.63, 3.8) is 0 Å². The third-order valence-electron chi connectivity index (χ3n) is 3.82. The first-order valence-corrected chi connectivity index (χ1v) is 9.14. The minimum absolute atomic E-state index is 0.331. The zero-order valence-electron chi connectivity index (χ0n) is 14.9. The lowest BCUT2D eigenvalue weighted by atomic mass is 10.1. The van der Waals surface area contributed by atoms with E-state index in [1.807, 2.05) is 23.6 Å². The molecule has 1 N–H and O–H groups in total. The van der Waals surface area contributed by atoms with Crippen molar-refractivity contribution in [1.29, 1.82) is 0 Å². The van der Waals surface area contributed by atoms with E-state index in [2.05, 4.69) is 10.3 Å². The van der Waals surface area contributed by atoms with Crippen LogP contribution in [0.5, 0.6) is 17.2 Å². The molecule has 0 aliphatic rings. The van der Waals surface area contributed by atoms with Crippen LogP contribution in [-0.4, -0.2) is 32.2 Å². The summed E-state index contributed by atoms with van der Waals surface area (Å²) >= 11 is 7.25. The minimum atomic E-state index is -0.331. The van der Waals surface area contributed by atoms with Crippen molar-refractivity contribution in [3.8, 4) is 28.5 Å². The number of aromatic nitrogens is 1. The fraction of sp³-hybridized carbons (Fsp3) is 0.158. The van der Waals surface area contributed by atoms with Gasteiger partial charge in [-0.15, -0.1) is 11.3 Å². The summed E-state index contributed by atoms with van der Waals surface area (Å²) in [6.07, 6.45) is 0. The number of nitrogens with one attached hydrogen (secondary N) is 1. The number of benzene rings is 2. The molecule has 0 aliphatic heterocycles. The van der Waals surface area contributed by atoms with Gasteiger partial charge >= 0.3 is 0 Å². The van der Waals surface area contributed by atoms with Gasteiger partial charge in [-0.2, -0.15) is 0 Å². The quantitative estimate of drug-likeness (QED) is 0.642. The third kappa shape index (κ3) is 4.15. The van der Waals surface area contributed by atoms with E-state index in [0.29, 0.717) is 38.7 Å². The van der Waals surface area contributed by atoms with Crippen LogP contribution in [0.25, 0.3) is 11.3 Å². The molecule has 0 saturated heterocycles. The maximum atomic E-state index is 12.6. The third-order valence-corrected chi connectivity index (χ3v) is 4.81. The van der Waals surface area contributed by atoms with Crippen LogP contribution in [-0.2, 0) is 0 Å². The average molecular weight is 405 g/mol. The highest BCUT2D eigenvalue weighted by atomic mass is 35.5. The number of rotatable bonds is 6. The number of methoxy groups -OCH3 is 3. The molecule has 8 heteroatoms. The van der Waals surface area contributed by atoms with Gasteiger partial charge in [0.1, 0.15) is 17.2 Å². The number of ether oxygens (including phenoxy) is 3. The Morgan fingerprint density at radius 1 is 1.04 bits per heavy atom. The molecular formula is C19H17ClN2O4S. The van der Waals surface area contributed by atoms with Gasteiger partial charge in [-0.3, -0.25) is 10.1 Å². The number of hydrogen-bond acceptors (Lipinski definition) is 6. The van der Waals surface area contributed by atoms with Gasteiger partial charge in [-0.25, -0.2) is 4.98 Å². The molecule has 2 aromatic carbocycles. The highest BCUT2D eigenvalue weighted by molar-refractivity contribution is 7.14. The molecule has 1 amide bonds. The molecular weight excluding hydrogens is 388 g/mol. The highest BCUT2D eigenvalue weighted by Crippen LogP contribution is 2.35. The Morgan fingerprint density at radius 3 is 2.52 bits per heavy atom. The standard InChI is InChI=1S/C19H17ClN2O4S/c1-24-12-5-7-16(25-2)14(9-12)15-10-27-19(21-15)22-18(23)13-6-4-11(20)8-17(13)26-3/h4-10H,1-3H3,(H,21,22,23). The summed E-state index contributed by atoms with van der Waals surface area (Å²) in [7, 11) is 4.67. The van der Waals surface area contributed by atoms with Crippen LogP contribution in [0.15, 0.2) is 41.8 Å². The topological polar surface area (TPSA) is 69.7 Å². The van der Waals surface area contributed by atoms with Gasteiger partial charge in [0.05, 0.1) is 32.6 Å². The molecule has 3 rings (SSSR count). The number of thiazole rings is 1. The summed E-state index contributed by atoms with van der Waals surface area (Å²) in [6, 6.07) is 10.3. The predicted molar refractivity (Wildman–Crippen MR) is 107 cm³/mol. The summed E-state index contributed by atoms with van der Waals surface area (Å²) in [5, 5.41) is 5.57. The van der Waals surface area contributed by atoms with Gasteiger partial charge in [0.15, 0.2) is 5.13 Å². The molecule has 3 aromatic rings. The molecule has 0 atom stereocenters. The van der Waals surface area contributed by atoms with Gasteiger partial charge in [0.2, 0.25) is 0 Å². The monoisotopic (exact) mass is 404 g/mol. The van der Waals surface area contributed by atoms with Crippen LogP contribution in [0, 0.1) is 0 Å².